The van der Waals surface area contributed by atoms with Crippen molar-refractivity contribution in [2.24, 2.45) is 5.92 Å². The number of likely N-dealkylation sites (tertiary alicyclic amines) is 1. The topological polar surface area (TPSA) is 97.2 Å². The molecule has 0 unspecified atom stereocenters. The Morgan fingerprint density at radius 2 is 1.84 bits per heavy atom. The van der Waals surface area contributed by atoms with Gasteiger partial charge in [-0.1, -0.05) is 0 Å². The summed E-state index contributed by atoms with van der Waals surface area (Å²) in [6.45, 7) is 1.47. The molecule has 8 nitrogen and oxygen atoms in total. The molecule has 1 saturated heterocycles. The van der Waals surface area contributed by atoms with Crippen molar-refractivity contribution in [3.8, 4) is 0 Å². The van der Waals surface area contributed by atoms with Crippen molar-refractivity contribution in [3.05, 3.63) is 88.1 Å². The summed E-state index contributed by atoms with van der Waals surface area (Å²) in [4.78, 5) is 48.0. The number of amides is 2. The van der Waals surface area contributed by atoms with Crippen LogP contribution in [0.25, 0.3) is 0 Å². The Balaban J connectivity index is 1.37. The van der Waals surface area contributed by atoms with Gasteiger partial charge in [-0.25, -0.2) is 9.37 Å². The summed E-state index contributed by atoms with van der Waals surface area (Å²) in [5.74, 6) is -0.877. The Morgan fingerprint density at radius 1 is 1.03 bits per heavy atom. The maximum atomic E-state index is 13.2. The molecular formula is C23H20FN5O3. The minimum atomic E-state index is -0.497. The van der Waals surface area contributed by atoms with Gasteiger partial charge in [0.25, 0.3) is 17.4 Å². The predicted octanol–water partition coefficient (Wildman–Crippen LogP) is 2.29. The summed E-state index contributed by atoms with van der Waals surface area (Å²) in [5, 5.41) is 2.63. The Bertz CT molecular complexity index is 1240. The molecule has 4 heterocycles. The number of halogens is 1. The van der Waals surface area contributed by atoms with E-state index in [2.05, 4.69) is 15.3 Å². The van der Waals surface area contributed by atoms with Gasteiger partial charge in [0.1, 0.15) is 17.2 Å². The van der Waals surface area contributed by atoms with Gasteiger partial charge < -0.3 is 14.8 Å². The molecule has 1 aromatic carbocycles. The third-order valence-corrected chi connectivity index (χ3v) is 6.03. The van der Waals surface area contributed by atoms with Gasteiger partial charge in [0.05, 0.1) is 6.20 Å². The summed E-state index contributed by atoms with van der Waals surface area (Å²) in [6, 6.07) is 8.98. The fourth-order valence-corrected chi connectivity index (χ4v) is 4.58. The smallest absolute Gasteiger partial charge is 0.276 e. The molecule has 2 aliphatic rings. The average molecular weight is 433 g/mol. The molecule has 1 N–H and O–H groups in total. The van der Waals surface area contributed by atoms with Crippen molar-refractivity contribution in [3.63, 3.8) is 0 Å². The average Bonchev–Trinajstić information content (AvgIpc) is 2.81. The van der Waals surface area contributed by atoms with E-state index in [0.29, 0.717) is 25.2 Å². The van der Waals surface area contributed by atoms with E-state index < -0.39 is 5.91 Å². The number of rotatable bonds is 3. The number of carbonyl (C=O) groups is 2. The standard InChI is InChI=1S/C23H20FN5O3/c24-17-3-1-15(2-4-17)22(31)28-11-14-9-16(13-28)20-6-5-18(23(32)29(20)12-14)27-21(30)19-10-25-7-8-26-19/h1-8,10,14,16H,9,11-13H2,(H,27,30)/t14-,16+/m0/s1. The highest BCUT2D eigenvalue weighted by Gasteiger charge is 2.37. The maximum Gasteiger partial charge on any atom is 0.276 e. The summed E-state index contributed by atoms with van der Waals surface area (Å²) in [6.07, 6.45) is 5.10. The molecule has 1 fully saturated rings. The molecule has 2 bridgehead atoms. The second-order valence-electron chi connectivity index (χ2n) is 8.15. The van der Waals surface area contributed by atoms with Gasteiger partial charge in [-0.05, 0) is 48.7 Å². The van der Waals surface area contributed by atoms with Crippen molar-refractivity contribution in [2.75, 3.05) is 18.4 Å². The number of benzene rings is 1. The SMILES string of the molecule is O=C(Nc1ccc2n(c1=O)C[C@H]1C[C@@H]2CN(C(=O)c2ccc(F)cc2)C1)c1cnccn1. The van der Waals surface area contributed by atoms with Crippen LogP contribution in [0.15, 0.2) is 59.8 Å². The van der Waals surface area contributed by atoms with Crippen LogP contribution in [0.1, 0.15) is 38.9 Å². The van der Waals surface area contributed by atoms with E-state index in [9.17, 15) is 18.8 Å². The van der Waals surface area contributed by atoms with E-state index in [1.54, 1.807) is 15.5 Å². The monoisotopic (exact) mass is 433 g/mol. The zero-order chi connectivity index (χ0) is 22.2. The molecule has 2 atom stereocenters. The fourth-order valence-electron chi connectivity index (χ4n) is 4.58. The lowest BCUT2D eigenvalue weighted by Crippen LogP contribution is -2.49. The highest BCUT2D eigenvalue weighted by molar-refractivity contribution is 6.02. The Labute approximate surface area is 182 Å². The van der Waals surface area contributed by atoms with E-state index in [0.717, 1.165) is 12.1 Å². The number of nitrogens with one attached hydrogen (secondary N) is 1. The fraction of sp³-hybridized carbons (Fsp3) is 0.261. The predicted molar refractivity (Wildman–Crippen MR) is 114 cm³/mol. The molecule has 2 amide bonds. The summed E-state index contributed by atoms with van der Waals surface area (Å²) < 4.78 is 14.9. The van der Waals surface area contributed by atoms with E-state index >= 15 is 0 Å². The molecule has 5 rings (SSSR count). The van der Waals surface area contributed by atoms with Gasteiger partial charge >= 0.3 is 0 Å². The van der Waals surface area contributed by atoms with E-state index in [1.807, 2.05) is 6.07 Å². The second kappa shape index (κ2) is 7.99. The van der Waals surface area contributed by atoms with Crippen LogP contribution >= 0.6 is 0 Å². The second-order valence-corrected chi connectivity index (χ2v) is 8.15. The zero-order valence-corrected chi connectivity index (χ0v) is 17.1. The number of fused-ring (bicyclic) bond motifs is 4. The molecule has 0 radical (unpaired) electrons. The quantitative estimate of drug-likeness (QED) is 0.684. The van der Waals surface area contributed by atoms with Crippen LogP contribution in [0.3, 0.4) is 0 Å². The molecule has 0 spiro atoms. The third kappa shape index (κ3) is 3.66. The van der Waals surface area contributed by atoms with Gasteiger partial charge in [0, 0.05) is 49.2 Å². The Morgan fingerprint density at radius 3 is 2.59 bits per heavy atom. The van der Waals surface area contributed by atoms with Crippen LogP contribution < -0.4 is 10.9 Å². The highest BCUT2D eigenvalue weighted by atomic mass is 19.1. The number of piperidine rings is 1. The van der Waals surface area contributed by atoms with E-state index in [-0.39, 0.29) is 40.5 Å². The first kappa shape index (κ1) is 20.0. The van der Waals surface area contributed by atoms with Crippen molar-refractivity contribution < 1.29 is 14.0 Å². The number of nitrogens with zero attached hydrogens (tertiary/aromatic N) is 4. The molecule has 0 saturated carbocycles. The first-order chi connectivity index (χ1) is 15.5. The van der Waals surface area contributed by atoms with Crippen LogP contribution in [0.5, 0.6) is 0 Å². The largest absolute Gasteiger partial charge is 0.338 e. The van der Waals surface area contributed by atoms with Crippen LogP contribution in [-0.2, 0) is 6.54 Å². The van der Waals surface area contributed by atoms with Crippen molar-refractivity contribution in [1.29, 1.82) is 0 Å². The van der Waals surface area contributed by atoms with Crippen molar-refractivity contribution >= 4 is 17.5 Å². The molecule has 9 heteroatoms. The van der Waals surface area contributed by atoms with Gasteiger partial charge in [0.15, 0.2) is 0 Å². The lowest BCUT2D eigenvalue weighted by molar-refractivity contribution is 0.0594. The lowest BCUT2D eigenvalue weighted by atomic mass is 9.83. The maximum absolute atomic E-state index is 13.2. The summed E-state index contributed by atoms with van der Waals surface area (Å²) in [5.41, 5.74) is 1.34. The van der Waals surface area contributed by atoms with Crippen molar-refractivity contribution in [2.45, 2.75) is 18.9 Å². The molecule has 32 heavy (non-hydrogen) atoms. The first-order valence-corrected chi connectivity index (χ1v) is 10.4. The zero-order valence-electron chi connectivity index (χ0n) is 17.1. The molecular weight excluding hydrogens is 413 g/mol. The van der Waals surface area contributed by atoms with Gasteiger partial charge in [0.2, 0.25) is 0 Å². The Kier molecular flexibility index (Phi) is 5.01. The minimum absolute atomic E-state index is 0.0179. The number of carbonyl (C=O) groups excluding carboxylic acids is 2. The third-order valence-electron chi connectivity index (χ3n) is 6.03. The number of aromatic nitrogens is 3. The number of pyridine rings is 1. The first-order valence-electron chi connectivity index (χ1n) is 10.4. The number of hydrogen-bond acceptors (Lipinski definition) is 5. The Hall–Kier alpha value is -3.88. The van der Waals surface area contributed by atoms with Crippen LogP contribution in [0, 0.1) is 11.7 Å². The number of anilines is 1. The molecule has 3 aromatic rings. The number of hydrogen-bond donors (Lipinski definition) is 1. The van der Waals surface area contributed by atoms with Crippen molar-refractivity contribution in [1.82, 2.24) is 19.4 Å². The van der Waals surface area contributed by atoms with Gasteiger partial charge in [-0.3, -0.25) is 19.4 Å². The van der Waals surface area contributed by atoms with E-state index in [1.165, 1.54) is 42.9 Å². The molecule has 2 aromatic heterocycles. The molecule has 0 aliphatic carbocycles. The van der Waals surface area contributed by atoms with E-state index in [4.69, 9.17) is 0 Å². The minimum Gasteiger partial charge on any atom is -0.338 e. The van der Waals surface area contributed by atoms with Crippen LogP contribution in [0.2, 0.25) is 0 Å². The van der Waals surface area contributed by atoms with Gasteiger partial charge in [-0.2, -0.15) is 0 Å². The normalized spacial score (nSPS) is 19.2. The van der Waals surface area contributed by atoms with Crippen LogP contribution in [0.4, 0.5) is 10.1 Å². The lowest BCUT2D eigenvalue weighted by Gasteiger charge is -2.43. The summed E-state index contributed by atoms with van der Waals surface area (Å²) in [7, 11) is 0. The van der Waals surface area contributed by atoms with Crippen LogP contribution in [-0.4, -0.2) is 44.3 Å². The molecule has 2 aliphatic heterocycles. The summed E-state index contributed by atoms with van der Waals surface area (Å²) >= 11 is 0. The highest BCUT2D eigenvalue weighted by Crippen LogP contribution is 2.36. The molecule has 162 valence electrons. The van der Waals surface area contributed by atoms with Gasteiger partial charge in [-0.15, -0.1) is 0 Å².